The number of nitrogens with zero attached hydrogens (tertiary/aromatic N) is 2. The Kier molecular flexibility index (Phi) is 6.87. The van der Waals surface area contributed by atoms with E-state index in [0.717, 1.165) is 25.0 Å². The maximum Gasteiger partial charge on any atom is 0.495 e. The van der Waals surface area contributed by atoms with Crippen molar-refractivity contribution >= 4 is 84.3 Å². The van der Waals surface area contributed by atoms with E-state index in [1.165, 1.54) is 3.57 Å². The van der Waals surface area contributed by atoms with Crippen LogP contribution in [0, 0.1) is 10.5 Å². The molecule has 3 heterocycles. The number of fused-ring (bicyclic) bond motifs is 1. The van der Waals surface area contributed by atoms with Crippen LogP contribution in [0.4, 0.5) is 0 Å². The van der Waals surface area contributed by atoms with Gasteiger partial charge in [-0.2, -0.15) is 0 Å². The quantitative estimate of drug-likeness (QED) is 0.283. The number of aromatic nitrogens is 2. The van der Waals surface area contributed by atoms with Gasteiger partial charge >= 0.3 is 7.12 Å². The molecule has 0 bridgehead atoms. The molecule has 29 heavy (non-hydrogen) atoms. The third-order valence-electron chi connectivity index (χ3n) is 5.19. The molecule has 0 unspecified atom stereocenters. The summed E-state index contributed by atoms with van der Waals surface area (Å²) in [7, 11) is -0.451. The van der Waals surface area contributed by atoms with Crippen LogP contribution in [0.3, 0.4) is 0 Å². The molecule has 0 atom stereocenters. The number of phenols is 1. The van der Waals surface area contributed by atoms with Gasteiger partial charge in [-0.05, 0) is 90.2 Å². The van der Waals surface area contributed by atoms with Gasteiger partial charge in [0, 0.05) is 15.2 Å². The fraction of sp³-hybridized carbons (Fsp3) is 0.368. The van der Waals surface area contributed by atoms with E-state index in [9.17, 15) is 5.11 Å². The zero-order valence-electron chi connectivity index (χ0n) is 16.6. The largest absolute Gasteiger partial charge is 0.506 e. The van der Waals surface area contributed by atoms with Gasteiger partial charge in [-0.1, -0.05) is 17.7 Å². The van der Waals surface area contributed by atoms with Crippen molar-refractivity contribution in [3.05, 3.63) is 42.6 Å². The Morgan fingerprint density at radius 2 is 1.83 bits per heavy atom. The minimum atomic E-state index is -0.451. The van der Waals surface area contributed by atoms with Crippen LogP contribution >= 0.6 is 61.5 Å². The average Bonchev–Trinajstić information content (AvgIpc) is 3.05. The molecule has 1 fully saturated rings. The minimum absolute atomic E-state index is 0.0782. The lowest BCUT2D eigenvalue weighted by molar-refractivity contribution is 0.00578. The molecule has 154 valence electrons. The van der Waals surface area contributed by atoms with Crippen LogP contribution in [-0.4, -0.2) is 33.4 Å². The summed E-state index contributed by atoms with van der Waals surface area (Å²) in [5.41, 5.74) is 0.884. The number of aromatic hydroxyl groups is 1. The van der Waals surface area contributed by atoms with Crippen molar-refractivity contribution in [1.82, 2.24) is 9.97 Å². The van der Waals surface area contributed by atoms with Crippen molar-refractivity contribution in [3.63, 3.8) is 0 Å². The first-order chi connectivity index (χ1) is 13.4. The van der Waals surface area contributed by atoms with E-state index in [0.29, 0.717) is 5.02 Å². The second kappa shape index (κ2) is 8.59. The highest BCUT2D eigenvalue weighted by molar-refractivity contribution is 14.1. The van der Waals surface area contributed by atoms with E-state index in [-0.39, 0.29) is 17.0 Å². The molecule has 0 amide bonds. The summed E-state index contributed by atoms with van der Waals surface area (Å²) in [6, 6.07) is 3.36. The Bertz CT molecular complexity index is 1050. The summed E-state index contributed by atoms with van der Waals surface area (Å²) in [6.45, 7) is 9.87. The summed E-state index contributed by atoms with van der Waals surface area (Å²) >= 11 is 13.4. The molecule has 5 nitrogen and oxygen atoms in total. The van der Waals surface area contributed by atoms with Gasteiger partial charge in [-0.3, -0.25) is 0 Å². The van der Waals surface area contributed by atoms with Crippen LogP contribution in [-0.2, 0) is 9.31 Å². The molecular formula is C19H20BBrClIN2O3S. The van der Waals surface area contributed by atoms with Crippen molar-refractivity contribution in [2.24, 2.45) is 0 Å². The van der Waals surface area contributed by atoms with Gasteiger partial charge in [0.05, 0.1) is 20.0 Å². The van der Waals surface area contributed by atoms with Gasteiger partial charge in [0.1, 0.15) is 16.9 Å². The minimum Gasteiger partial charge on any atom is -0.506 e. The SMILES string of the molecule is Brc1sc2ncncc2c1I.Cc1c(B2OC(C)(C)C(C)(C)O2)ccc(O)c1Cl. The Hall–Kier alpha value is -0.455. The highest BCUT2D eigenvalue weighted by Gasteiger charge is 2.52. The number of hydrogen-bond acceptors (Lipinski definition) is 6. The first kappa shape index (κ1) is 23.2. The number of halogens is 3. The van der Waals surface area contributed by atoms with Crippen molar-refractivity contribution in [2.45, 2.75) is 45.8 Å². The third kappa shape index (κ3) is 4.59. The average molecular weight is 610 g/mol. The van der Waals surface area contributed by atoms with E-state index < -0.39 is 7.12 Å². The van der Waals surface area contributed by atoms with Gasteiger partial charge in [-0.15, -0.1) is 11.3 Å². The smallest absolute Gasteiger partial charge is 0.495 e. The van der Waals surface area contributed by atoms with Crippen molar-refractivity contribution < 1.29 is 14.4 Å². The highest BCUT2D eigenvalue weighted by atomic mass is 127. The van der Waals surface area contributed by atoms with Crippen LogP contribution in [0.5, 0.6) is 5.75 Å². The van der Waals surface area contributed by atoms with E-state index >= 15 is 0 Å². The second-order valence-electron chi connectivity index (χ2n) is 7.63. The number of benzene rings is 1. The van der Waals surface area contributed by atoms with Crippen molar-refractivity contribution in [2.75, 3.05) is 0 Å². The highest BCUT2D eigenvalue weighted by Crippen LogP contribution is 2.37. The molecule has 1 aliphatic rings. The second-order valence-corrected chi connectivity index (χ2v) is 11.4. The predicted molar refractivity (Wildman–Crippen MR) is 131 cm³/mol. The first-order valence-electron chi connectivity index (χ1n) is 8.81. The Balaban J connectivity index is 0.000000186. The fourth-order valence-corrected chi connectivity index (χ4v) is 5.18. The molecule has 1 saturated heterocycles. The molecule has 1 aromatic carbocycles. The summed E-state index contributed by atoms with van der Waals surface area (Å²) < 4.78 is 14.3. The summed E-state index contributed by atoms with van der Waals surface area (Å²) in [4.78, 5) is 9.13. The van der Waals surface area contributed by atoms with Crippen molar-refractivity contribution in [1.29, 1.82) is 0 Å². The van der Waals surface area contributed by atoms with Gasteiger partial charge in [0.15, 0.2) is 0 Å². The maximum atomic E-state index is 9.56. The first-order valence-corrected chi connectivity index (χ1v) is 11.9. The van der Waals surface area contributed by atoms with E-state index in [2.05, 4.69) is 48.5 Å². The molecule has 1 aliphatic heterocycles. The maximum absolute atomic E-state index is 9.56. The molecule has 10 heteroatoms. The number of rotatable bonds is 1. The molecular weight excluding hydrogens is 589 g/mol. The molecule has 0 spiro atoms. The lowest BCUT2D eigenvalue weighted by Gasteiger charge is -2.32. The fourth-order valence-electron chi connectivity index (χ4n) is 2.70. The van der Waals surface area contributed by atoms with Gasteiger partial charge in [0.2, 0.25) is 0 Å². The normalized spacial score (nSPS) is 17.3. The summed E-state index contributed by atoms with van der Waals surface area (Å²) in [5, 5.41) is 11.0. The Labute approximate surface area is 201 Å². The van der Waals surface area contributed by atoms with Gasteiger partial charge in [0.25, 0.3) is 0 Å². The molecule has 4 rings (SSSR count). The lowest BCUT2D eigenvalue weighted by atomic mass is 9.76. The number of phenolic OH excluding ortho intramolecular Hbond substituents is 1. The lowest BCUT2D eigenvalue weighted by Crippen LogP contribution is -2.41. The molecule has 1 N–H and O–H groups in total. The standard InChI is InChI=1S/C13H18BClO3.C6H2BrIN2S/c1-8-9(6-7-10(16)11(8)15)14-17-12(2,3)13(4,5)18-14;7-5-4(8)3-1-9-2-10-6(3)11-5/h6-7,16H,1-5H3;1-2H. The topological polar surface area (TPSA) is 64.5 Å². The zero-order valence-corrected chi connectivity index (χ0v) is 21.9. The van der Waals surface area contributed by atoms with Gasteiger partial charge in [-0.25, -0.2) is 9.97 Å². The van der Waals surface area contributed by atoms with Crippen molar-refractivity contribution in [3.8, 4) is 5.75 Å². The van der Waals surface area contributed by atoms with Crippen LogP contribution in [0.2, 0.25) is 5.02 Å². The third-order valence-corrected chi connectivity index (χ3v) is 9.68. The van der Waals surface area contributed by atoms with Crippen LogP contribution in [0.15, 0.2) is 28.4 Å². The number of hydrogen-bond donors (Lipinski definition) is 1. The Morgan fingerprint density at radius 3 is 2.41 bits per heavy atom. The molecule has 0 radical (unpaired) electrons. The van der Waals surface area contributed by atoms with Crippen LogP contribution < -0.4 is 5.46 Å². The zero-order chi connectivity index (χ0) is 21.6. The molecule has 2 aromatic heterocycles. The van der Waals surface area contributed by atoms with Crippen LogP contribution in [0.1, 0.15) is 33.3 Å². The van der Waals surface area contributed by atoms with E-state index in [1.54, 1.807) is 29.8 Å². The molecule has 0 saturated carbocycles. The predicted octanol–water partition coefficient (Wildman–Crippen LogP) is 5.71. The van der Waals surface area contributed by atoms with E-state index in [1.807, 2.05) is 40.8 Å². The monoisotopic (exact) mass is 608 g/mol. The van der Waals surface area contributed by atoms with Crippen LogP contribution in [0.25, 0.3) is 10.2 Å². The Morgan fingerprint density at radius 1 is 1.21 bits per heavy atom. The summed E-state index contributed by atoms with van der Waals surface area (Å²) in [6.07, 6.45) is 3.41. The van der Waals surface area contributed by atoms with E-state index in [4.69, 9.17) is 20.9 Å². The summed E-state index contributed by atoms with van der Waals surface area (Å²) in [5.74, 6) is 0.0782. The van der Waals surface area contributed by atoms with Gasteiger partial charge < -0.3 is 14.4 Å². The molecule has 0 aliphatic carbocycles. The molecule has 3 aromatic rings. The number of thiophene rings is 1.